The predicted octanol–water partition coefficient (Wildman–Crippen LogP) is 2.86. The van der Waals surface area contributed by atoms with E-state index in [-0.39, 0.29) is 18.6 Å². The molecule has 0 aliphatic carbocycles. The first kappa shape index (κ1) is 19.1. The molecule has 1 aromatic carbocycles. The average molecular weight is 348 g/mol. The molecule has 1 saturated heterocycles. The number of nitrogens with zero attached hydrogens (tertiary/aromatic N) is 1. The van der Waals surface area contributed by atoms with Gasteiger partial charge in [-0.3, -0.25) is 4.79 Å². The second-order valence-electron chi connectivity index (χ2n) is 6.87. The fraction of sp³-hybridized carbons (Fsp3) is 0.579. The number of hydrogen-bond acceptors (Lipinski definition) is 5. The average Bonchev–Trinajstić information content (AvgIpc) is 2.56. The van der Waals surface area contributed by atoms with E-state index in [0.717, 1.165) is 25.9 Å². The highest BCUT2D eigenvalue weighted by atomic mass is 16.5. The summed E-state index contributed by atoms with van der Waals surface area (Å²) >= 11 is 0. The summed E-state index contributed by atoms with van der Waals surface area (Å²) in [5.41, 5.74) is 6.71. The van der Waals surface area contributed by atoms with Crippen LogP contribution in [0.15, 0.2) is 18.2 Å². The zero-order chi connectivity index (χ0) is 18.4. The molecule has 1 fully saturated rings. The van der Waals surface area contributed by atoms with Crippen molar-refractivity contribution < 1.29 is 19.1 Å². The van der Waals surface area contributed by atoms with Gasteiger partial charge in [-0.25, -0.2) is 4.79 Å². The lowest BCUT2D eigenvalue weighted by Gasteiger charge is -2.30. The van der Waals surface area contributed by atoms with Crippen LogP contribution in [0.3, 0.4) is 0 Å². The van der Waals surface area contributed by atoms with Crippen LogP contribution in [0.2, 0.25) is 0 Å². The van der Waals surface area contributed by atoms with Gasteiger partial charge in [0.15, 0.2) is 0 Å². The summed E-state index contributed by atoms with van der Waals surface area (Å²) in [5.74, 6) is 0.769. The van der Waals surface area contributed by atoms with Crippen molar-refractivity contribution in [2.75, 3.05) is 25.4 Å². The fourth-order valence-electron chi connectivity index (χ4n) is 2.73. The van der Waals surface area contributed by atoms with Gasteiger partial charge < -0.3 is 20.1 Å². The van der Waals surface area contributed by atoms with E-state index < -0.39 is 5.97 Å². The smallest absolute Gasteiger partial charge is 0.338 e. The number of carbonyl (C=O) groups is 2. The van der Waals surface area contributed by atoms with Crippen molar-refractivity contribution in [3.63, 3.8) is 0 Å². The van der Waals surface area contributed by atoms with Crippen LogP contribution in [0.25, 0.3) is 0 Å². The monoisotopic (exact) mass is 348 g/mol. The van der Waals surface area contributed by atoms with Crippen LogP contribution in [0.1, 0.15) is 50.4 Å². The van der Waals surface area contributed by atoms with Crippen LogP contribution >= 0.6 is 0 Å². The zero-order valence-corrected chi connectivity index (χ0v) is 15.3. The highest BCUT2D eigenvalue weighted by Gasteiger charge is 2.20. The van der Waals surface area contributed by atoms with E-state index in [1.54, 1.807) is 32.0 Å². The molecule has 1 amide bonds. The molecule has 1 aromatic rings. The van der Waals surface area contributed by atoms with Crippen molar-refractivity contribution in [3.05, 3.63) is 23.8 Å². The van der Waals surface area contributed by atoms with Gasteiger partial charge in [-0.05, 0) is 50.8 Å². The topological polar surface area (TPSA) is 81.9 Å². The van der Waals surface area contributed by atoms with Crippen LogP contribution in [0.5, 0.6) is 5.75 Å². The fourth-order valence-corrected chi connectivity index (χ4v) is 2.73. The van der Waals surface area contributed by atoms with E-state index in [1.165, 1.54) is 0 Å². The lowest BCUT2D eigenvalue weighted by Crippen LogP contribution is -2.38. The van der Waals surface area contributed by atoms with E-state index in [9.17, 15) is 9.59 Å². The lowest BCUT2D eigenvalue weighted by atomic mass is 9.99. The molecule has 0 saturated carbocycles. The Hall–Kier alpha value is -2.24. The second-order valence-corrected chi connectivity index (χ2v) is 6.87. The van der Waals surface area contributed by atoms with Crippen molar-refractivity contribution in [2.24, 2.45) is 5.92 Å². The molecule has 2 N–H and O–H groups in total. The van der Waals surface area contributed by atoms with E-state index in [0.29, 0.717) is 29.3 Å². The first-order valence-electron chi connectivity index (χ1n) is 8.88. The highest BCUT2D eigenvalue weighted by Crippen LogP contribution is 2.24. The number of piperidine rings is 1. The number of ether oxygens (including phenoxy) is 2. The molecule has 0 bridgehead atoms. The molecule has 6 nitrogen and oxygen atoms in total. The normalized spacial score (nSPS) is 15.3. The summed E-state index contributed by atoms with van der Waals surface area (Å²) in [4.78, 5) is 26.1. The molecule has 1 heterocycles. The number of rotatable bonds is 6. The standard InChI is InChI=1S/C19H28N2O4/c1-13(2)25-19(23)15-4-5-16(20)17(12-15)24-11-8-18(22)21-9-6-14(3)7-10-21/h4-5,12-14H,6-11,20H2,1-3H3. The Labute approximate surface area is 149 Å². The Kier molecular flexibility index (Phi) is 6.67. The minimum atomic E-state index is -0.418. The van der Waals surface area contributed by atoms with Crippen LogP contribution < -0.4 is 10.5 Å². The van der Waals surface area contributed by atoms with Crippen molar-refractivity contribution in [3.8, 4) is 5.75 Å². The summed E-state index contributed by atoms with van der Waals surface area (Å²) < 4.78 is 10.8. The number of nitrogens with two attached hydrogens (primary N) is 1. The minimum absolute atomic E-state index is 0.0980. The van der Waals surface area contributed by atoms with Crippen LogP contribution in [0.4, 0.5) is 5.69 Å². The predicted molar refractivity (Wildman–Crippen MR) is 96.5 cm³/mol. The maximum atomic E-state index is 12.2. The van der Waals surface area contributed by atoms with Crippen LogP contribution in [-0.2, 0) is 9.53 Å². The molecule has 0 radical (unpaired) electrons. The van der Waals surface area contributed by atoms with E-state index in [4.69, 9.17) is 15.2 Å². The largest absolute Gasteiger partial charge is 0.491 e. The Morgan fingerprint density at radius 3 is 2.60 bits per heavy atom. The van der Waals surface area contributed by atoms with Gasteiger partial charge in [0.25, 0.3) is 0 Å². The molecule has 0 spiro atoms. The maximum absolute atomic E-state index is 12.2. The van der Waals surface area contributed by atoms with Gasteiger partial charge in [-0.15, -0.1) is 0 Å². The first-order valence-corrected chi connectivity index (χ1v) is 8.88. The maximum Gasteiger partial charge on any atom is 0.338 e. The second kappa shape index (κ2) is 8.74. The number of benzene rings is 1. The number of amides is 1. The molecule has 1 aliphatic rings. The summed E-state index contributed by atoms with van der Waals surface area (Å²) in [6.07, 6.45) is 2.22. The number of hydrogen-bond donors (Lipinski definition) is 1. The van der Waals surface area contributed by atoms with Gasteiger partial charge >= 0.3 is 5.97 Å². The summed E-state index contributed by atoms with van der Waals surface area (Å²) in [5, 5.41) is 0. The number of nitrogen functional groups attached to an aromatic ring is 1. The molecular formula is C19H28N2O4. The van der Waals surface area contributed by atoms with Crippen molar-refractivity contribution in [1.82, 2.24) is 4.90 Å². The van der Waals surface area contributed by atoms with Gasteiger partial charge in [0.1, 0.15) is 5.75 Å². The van der Waals surface area contributed by atoms with Crippen LogP contribution in [0, 0.1) is 5.92 Å². The number of anilines is 1. The van der Waals surface area contributed by atoms with Gasteiger partial charge in [0.2, 0.25) is 5.91 Å². The third kappa shape index (κ3) is 5.66. The highest BCUT2D eigenvalue weighted by molar-refractivity contribution is 5.90. The summed E-state index contributed by atoms with van der Waals surface area (Å²) in [6, 6.07) is 4.78. The van der Waals surface area contributed by atoms with E-state index >= 15 is 0 Å². The summed E-state index contributed by atoms with van der Waals surface area (Å²) in [7, 11) is 0. The molecule has 2 rings (SSSR count). The Balaban J connectivity index is 1.87. The van der Waals surface area contributed by atoms with Crippen molar-refractivity contribution >= 4 is 17.6 Å². The Morgan fingerprint density at radius 1 is 1.28 bits per heavy atom. The quantitative estimate of drug-likeness (QED) is 0.631. The lowest BCUT2D eigenvalue weighted by molar-refractivity contribution is -0.133. The molecule has 138 valence electrons. The van der Waals surface area contributed by atoms with E-state index in [2.05, 4.69) is 6.92 Å². The molecule has 6 heteroatoms. The third-order valence-electron chi connectivity index (χ3n) is 4.30. The summed E-state index contributed by atoms with van der Waals surface area (Å²) in [6.45, 7) is 7.67. The van der Waals surface area contributed by atoms with Gasteiger partial charge in [-0.1, -0.05) is 6.92 Å². The van der Waals surface area contributed by atoms with Gasteiger partial charge in [-0.2, -0.15) is 0 Å². The number of likely N-dealkylation sites (tertiary alicyclic amines) is 1. The minimum Gasteiger partial charge on any atom is -0.491 e. The Morgan fingerprint density at radius 2 is 1.96 bits per heavy atom. The number of esters is 1. The Bertz CT molecular complexity index is 607. The van der Waals surface area contributed by atoms with Crippen molar-refractivity contribution in [1.29, 1.82) is 0 Å². The SMILES string of the molecule is CC1CCN(C(=O)CCOc2cc(C(=O)OC(C)C)ccc2N)CC1. The van der Waals surface area contributed by atoms with Crippen LogP contribution in [-0.4, -0.2) is 42.6 Å². The zero-order valence-electron chi connectivity index (χ0n) is 15.3. The van der Waals surface area contributed by atoms with Gasteiger partial charge in [0, 0.05) is 13.1 Å². The van der Waals surface area contributed by atoms with E-state index in [1.807, 2.05) is 4.90 Å². The molecule has 0 aromatic heterocycles. The third-order valence-corrected chi connectivity index (χ3v) is 4.30. The molecule has 1 aliphatic heterocycles. The molecule has 0 atom stereocenters. The number of carbonyl (C=O) groups excluding carboxylic acids is 2. The van der Waals surface area contributed by atoms with Gasteiger partial charge in [0.05, 0.1) is 30.4 Å². The molecule has 0 unspecified atom stereocenters. The first-order chi connectivity index (χ1) is 11.9. The van der Waals surface area contributed by atoms with Crippen molar-refractivity contribution in [2.45, 2.75) is 46.1 Å². The molecule has 25 heavy (non-hydrogen) atoms. The molecular weight excluding hydrogens is 320 g/mol.